The molecule has 4 heteroatoms. The summed E-state index contributed by atoms with van der Waals surface area (Å²) in [4.78, 5) is 2.58. The van der Waals surface area contributed by atoms with Crippen molar-refractivity contribution in [2.45, 2.75) is 26.8 Å². The van der Waals surface area contributed by atoms with Gasteiger partial charge in [-0.25, -0.2) is 0 Å². The summed E-state index contributed by atoms with van der Waals surface area (Å²) >= 11 is 5.43. The molecule has 0 aliphatic carbocycles. The first-order valence-electron chi connectivity index (χ1n) is 5.66. The van der Waals surface area contributed by atoms with Gasteiger partial charge in [-0.2, -0.15) is 0 Å². The molecule has 2 nitrogen and oxygen atoms in total. The van der Waals surface area contributed by atoms with Crippen LogP contribution in [0.2, 0.25) is 0 Å². The van der Waals surface area contributed by atoms with E-state index in [-0.39, 0.29) is 6.04 Å². The number of halogens is 1. The zero-order valence-electron chi connectivity index (χ0n) is 10.2. The molecule has 2 aromatic rings. The van der Waals surface area contributed by atoms with Crippen molar-refractivity contribution >= 4 is 27.3 Å². The van der Waals surface area contributed by atoms with Crippen LogP contribution in [-0.4, -0.2) is 6.54 Å². The van der Waals surface area contributed by atoms with Gasteiger partial charge in [-0.05, 0) is 54.0 Å². The Balaban J connectivity index is 2.42. The van der Waals surface area contributed by atoms with Crippen LogP contribution in [0.15, 0.2) is 27.3 Å². The maximum absolute atomic E-state index is 5.62. The number of hydrogen-bond donors (Lipinski definition) is 1. The molecule has 17 heavy (non-hydrogen) atoms. The van der Waals surface area contributed by atoms with Crippen molar-refractivity contribution in [2.75, 3.05) is 6.54 Å². The quantitative estimate of drug-likeness (QED) is 0.904. The van der Waals surface area contributed by atoms with E-state index in [9.17, 15) is 0 Å². The topological polar surface area (TPSA) is 25.2 Å². The maximum atomic E-state index is 5.62. The van der Waals surface area contributed by atoms with Crippen molar-refractivity contribution in [3.8, 4) is 0 Å². The van der Waals surface area contributed by atoms with Crippen LogP contribution >= 0.6 is 27.3 Å². The lowest BCUT2D eigenvalue weighted by Gasteiger charge is -2.15. The van der Waals surface area contributed by atoms with Gasteiger partial charge in [-0.1, -0.05) is 6.92 Å². The fourth-order valence-electron chi connectivity index (χ4n) is 1.89. The Hall–Kier alpha value is -0.580. The van der Waals surface area contributed by atoms with E-state index >= 15 is 0 Å². The first kappa shape index (κ1) is 12.9. The number of aryl methyl sites for hydroxylation is 2. The van der Waals surface area contributed by atoms with Crippen molar-refractivity contribution in [3.63, 3.8) is 0 Å². The van der Waals surface area contributed by atoms with Gasteiger partial charge in [0, 0.05) is 14.2 Å². The van der Waals surface area contributed by atoms with Crippen LogP contribution in [0.25, 0.3) is 0 Å². The largest absolute Gasteiger partial charge is 0.467 e. The normalized spacial score (nSPS) is 12.9. The summed E-state index contributed by atoms with van der Waals surface area (Å²) in [6.45, 7) is 7.22. The molecule has 0 aliphatic heterocycles. The van der Waals surface area contributed by atoms with Crippen LogP contribution in [0.3, 0.4) is 0 Å². The van der Waals surface area contributed by atoms with Crippen LogP contribution < -0.4 is 5.32 Å². The molecule has 0 spiro atoms. The van der Waals surface area contributed by atoms with Crippen molar-refractivity contribution in [1.82, 2.24) is 5.32 Å². The second kappa shape index (κ2) is 5.38. The summed E-state index contributed by atoms with van der Waals surface area (Å²) in [5.41, 5.74) is 1.19. The second-order valence-electron chi connectivity index (χ2n) is 4.03. The highest BCUT2D eigenvalue weighted by Crippen LogP contribution is 2.36. The van der Waals surface area contributed by atoms with Crippen LogP contribution in [0.1, 0.15) is 34.0 Å². The summed E-state index contributed by atoms with van der Waals surface area (Å²) in [7, 11) is 0. The van der Waals surface area contributed by atoms with Gasteiger partial charge < -0.3 is 9.73 Å². The lowest BCUT2D eigenvalue weighted by molar-refractivity contribution is 0.452. The van der Waals surface area contributed by atoms with Gasteiger partial charge in [0.05, 0.1) is 6.26 Å². The summed E-state index contributed by atoms with van der Waals surface area (Å²) in [5, 5.41) is 3.48. The lowest BCUT2D eigenvalue weighted by atomic mass is 10.1. The highest BCUT2D eigenvalue weighted by atomic mass is 79.9. The minimum absolute atomic E-state index is 0.142. The van der Waals surface area contributed by atoms with E-state index in [4.69, 9.17) is 4.42 Å². The summed E-state index contributed by atoms with van der Waals surface area (Å²) in [6, 6.07) is 4.31. The van der Waals surface area contributed by atoms with Gasteiger partial charge in [-0.3, -0.25) is 0 Å². The standard InChI is InChI=1S/C13H16BrNOS/c1-4-15-11(12-8(2)5-6-16-12)13-10(14)7-9(3)17-13/h5-7,11,15H,4H2,1-3H3. The molecule has 0 saturated carbocycles. The van der Waals surface area contributed by atoms with E-state index in [1.54, 1.807) is 17.6 Å². The molecule has 2 heterocycles. The van der Waals surface area contributed by atoms with Crippen LogP contribution in [-0.2, 0) is 0 Å². The fraction of sp³-hybridized carbons (Fsp3) is 0.385. The van der Waals surface area contributed by atoms with E-state index in [0.29, 0.717) is 0 Å². The van der Waals surface area contributed by atoms with Crippen molar-refractivity contribution < 1.29 is 4.42 Å². The number of rotatable bonds is 4. The average molecular weight is 314 g/mol. The molecule has 1 atom stereocenters. The lowest BCUT2D eigenvalue weighted by Crippen LogP contribution is -2.21. The predicted molar refractivity (Wildman–Crippen MR) is 75.7 cm³/mol. The molecule has 92 valence electrons. The molecule has 1 unspecified atom stereocenters. The molecule has 0 aliphatic rings. The maximum Gasteiger partial charge on any atom is 0.128 e. The van der Waals surface area contributed by atoms with E-state index in [0.717, 1.165) is 16.8 Å². The molecular weight excluding hydrogens is 298 g/mol. The van der Waals surface area contributed by atoms with E-state index in [2.05, 4.69) is 48.1 Å². The van der Waals surface area contributed by atoms with Gasteiger partial charge in [0.1, 0.15) is 11.8 Å². The number of nitrogens with one attached hydrogen (secondary N) is 1. The Kier molecular flexibility index (Phi) is 4.07. The SMILES string of the molecule is CCNC(c1occc1C)c1sc(C)cc1Br. The fourth-order valence-corrected chi connectivity index (χ4v) is 3.84. The molecule has 2 aromatic heterocycles. The highest BCUT2D eigenvalue weighted by Gasteiger charge is 2.22. The third kappa shape index (κ3) is 2.64. The van der Waals surface area contributed by atoms with Gasteiger partial charge in [0.25, 0.3) is 0 Å². The first-order chi connectivity index (χ1) is 8.13. The summed E-state index contributed by atoms with van der Waals surface area (Å²) in [6.07, 6.45) is 1.75. The molecule has 0 aromatic carbocycles. The zero-order valence-corrected chi connectivity index (χ0v) is 12.6. The molecule has 0 radical (unpaired) electrons. The zero-order chi connectivity index (χ0) is 12.4. The van der Waals surface area contributed by atoms with Gasteiger partial charge in [-0.15, -0.1) is 11.3 Å². The Morgan fingerprint density at radius 2 is 2.24 bits per heavy atom. The minimum Gasteiger partial charge on any atom is -0.467 e. The third-order valence-electron chi connectivity index (χ3n) is 2.67. The number of thiophene rings is 1. The first-order valence-corrected chi connectivity index (χ1v) is 7.27. The van der Waals surface area contributed by atoms with Gasteiger partial charge >= 0.3 is 0 Å². The Morgan fingerprint density at radius 3 is 2.71 bits per heavy atom. The number of hydrogen-bond acceptors (Lipinski definition) is 3. The average Bonchev–Trinajstić information content (AvgIpc) is 2.82. The third-order valence-corrected chi connectivity index (χ3v) is 4.70. The van der Waals surface area contributed by atoms with E-state index in [1.165, 1.54) is 15.3 Å². The summed E-state index contributed by atoms with van der Waals surface area (Å²) < 4.78 is 6.78. The molecular formula is C13H16BrNOS. The minimum atomic E-state index is 0.142. The molecule has 0 saturated heterocycles. The van der Waals surface area contributed by atoms with E-state index in [1.807, 2.05) is 6.07 Å². The molecule has 2 rings (SSSR count). The Labute approximate surface area is 114 Å². The van der Waals surface area contributed by atoms with Gasteiger partial charge in [0.2, 0.25) is 0 Å². The van der Waals surface area contributed by atoms with Crippen LogP contribution in [0.5, 0.6) is 0 Å². The molecule has 0 bridgehead atoms. The van der Waals surface area contributed by atoms with Crippen molar-refractivity contribution in [3.05, 3.63) is 43.9 Å². The molecule has 0 amide bonds. The van der Waals surface area contributed by atoms with Gasteiger partial charge in [0.15, 0.2) is 0 Å². The second-order valence-corrected chi connectivity index (χ2v) is 6.17. The number of furan rings is 1. The smallest absolute Gasteiger partial charge is 0.128 e. The molecule has 0 fully saturated rings. The Morgan fingerprint density at radius 1 is 1.47 bits per heavy atom. The Bertz CT molecular complexity index is 503. The van der Waals surface area contributed by atoms with E-state index < -0.39 is 0 Å². The van der Waals surface area contributed by atoms with Crippen LogP contribution in [0.4, 0.5) is 0 Å². The monoisotopic (exact) mass is 313 g/mol. The molecule has 1 N–H and O–H groups in total. The van der Waals surface area contributed by atoms with Crippen molar-refractivity contribution in [2.24, 2.45) is 0 Å². The predicted octanol–water partition coefficient (Wildman–Crippen LogP) is 4.42. The summed E-state index contributed by atoms with van der Waals surface area (Å²) in [5.74, 6) is 1.01. The van der Waals surface area contributed by atoms with Crippen molar-refractivity contribution in [1.29, 1.82) is 0 Å². The highest BCUT2D eigenvalue weighted by molar-refractivity contribution is 9.10. The van der Waals surface area contributed by atoms with Crippen LogP contribution in [0, 0.1) is 13.8 Å².